The van der Waals surface area contributed by atoms with Crippen molar-refractivity contribution in [3.8, 4) is 0 Å². The Balaban J connectivity index is 1.41. The summed E-state index contributed by atoms with van der Waals surface area (Å²) in [6.45, 7) is 3.41. The molecule has 2 heterocycles. The van der Waals surface area contributed by atoms with Crippen LogP contribution in [-0.2, 0) is 0 Å². The molecule has 0 radical (unpaired) electrons. The van der Waals surface area contributed by atoms with Crippen LogP contribution >= 0.6 is 0 Å². The SMILES string of the molecule is Cc1ccc(C(=O)Nc2ccc(N3CCN(C4CCCC4)C3=O)nc2)cc1. The summed E-state index contributed by atoms with van der Waals surface area (Å²) in [5, 5.41) is 2.84. The molecule has 1 saturated heterocycles. The Kier molecular flexibility index (Phi) is 4.79. The first-order valence-corrected chi connectivity index (χ1v) is 9.54. The Labute approximate surface area is 159 Å². The van der Waals surface area contributed by atoms with E-state index in [0.29, 0.717) is 29.7 Å². The lowest BCUT2D eigenvalue weighted by Gasteiger charge is -2.23. The maximum atomic E-state index is 12.7. The molecular formula is C21H24N4O2. The first-order chi connectivity index (χ1) is 13.1. The van der Waals surface area contributed by atoms with E-state index in [1.165, 1.54) is 12.8 Å². The summed E-state index contributed by atoms with van der Waals surface area (Å²) in [5.41, 5.74) is 2.33. The Morgan fingerprint density at radius 2 is 1.81 bits per heavy atom. The van der Waals surface area contributed by atoms with Crippen molar-refractivity contribution in [3.63, 3.8) is 0 Å². The largest absolute Gasteiger partial charge is 0.326 e. The van der Waals surface area contributed by atoms with Crippen LogP contribution in [0.25, 0.3) is 0 Å². The fraction of sp³-hybridized carbons (Fsp3) is 0.381. The Bertz CT molecular complexity index is 826. The molecule has 2 aliphatic rings. The van der Waals surface area contributed by atoms with Gasteiger partial charge < -0.3 is 10.2 Å². The molecule has 3 amide bonds. The van der Waals surface area contributed by atoms with E-state index in [9.17, 15) is 9.59 Å². The second kappa shape index (κ2) is 7.39. The molecule has 2 fully saturated rings. The van der Waals surface area contributed by atoms with Gasteiger partial charge in [0.15, 0.2) is 0 Å². The average molecular weight is 364 g/mol. The monoisotopic (exact) mass is 364 g/mol. The number of nitrogens with zero attached hydrogens (tertiary/aromatic N) is 3. The molecule has 0 atom stereocenters. The Hall–Kier alpha value is -2.89. The number of amides is 3. The van der Waals surface area contributed by atoms with Crippen molar-refractivity contribution in [2.24, 2.45) is 0 Å². The topological polar surface area (TPSA) is 65.5 Å². The highest BCUT2D eigenvalue weighted by atomic mass is 16.2. The molecule has 140 valence electrons. The third-order valence-corrected chi connectivity index (χ3v) is 5.40. The van der Waals surface area contributed by atoms with E-state index in [2.05, 4.69) is 10.3 Å². The van der Waals surface area contributed by atoms with Crippen molar-refractivity contribution in [1.29, 1.82) is 0 Å². The van der Waals surface area contributed by atoms with Crippen LogP contribution < -0.4 is 10.2 Å². The van der Waals surface area contributed by atoms with E-state index in [1.807, 2.05) is 24.0 Å². The van der Waals surface area contributed by atoms with E-state index in [4.69, 9.17) is 0 Å². The summed E-state index contributed by atoms with van der Waals surface area (Å²) >= 11 is 0. The summed E-state index contributed by atoms with van der Waals surface area (Å²) in [7, 11) is 0. The molecule has 1 aromatic carbocycles. The number of pyridine rings is 1. The van der Waals surface area contributed by atoms with Crippen LogP contribution in [0.4, 0.5) is 16.3 Å². The lowest BCUT2D eigenvalue weighted by molar-refractivity contribution is 0.102. The van der Waals surface area contributed by atoms with Gasteiger partial charge in [-0.25, -0.2) is 9.78 Å². The maximum Gasteiger partial charge on any atom is 0.326 e. The van der Waals surface area contributed by atoms with Crippen LogP contribution in [0.5, 0.6) is 0 Å². The highest BCUT2D eigenvalue weighted by Crippen LogP contribution is 2.28. The number of hydrogen-bond acceptors (Lipinski definition) is 3. The summed E-state index contributed by atoms with van der Waals surface area (Å²) in [4.78, 5) is 33.1. The van der Waals surface area contributed by atoms with Gasteiger partial charge in [0.05, 0.1) is 11.9 Å². The van der Waals surface area contributed by atoms with Crippen LogP contribution in [-0.4, -0.2) is 41.0 Å². The second-order valence-electron chi connectivity index (χ2n) is 7.29. The van der Waals surface area contributed by atoms with E-state index in [0.717, 1.165) is 24.9 Å². The fourth-order valence-corrected chi connectivity index (χ4v) is 3.85. The van der Waals surface area contributed by atoms with E-state index < -0.39 is 0 Å². The summed E-state index contributed by atoms with van der Waals surface area (Å²) < 4.78 is 0. The van der Waals surface area contributed by atoms with Crippen LogP contribution in [0, 0.1) is 6.92 Å². The number of anilines is 2. The molecule has 0 unspecified atom stereocenters. The van der Waals surface area contributed by atoms with Gasteiger partial charge in [0, 0.05) is 24.7 Å². The smallest absolute Gasteiger partial charge is 0.321 e. The summed E-state index contributed by atoms with van der Waals surface area (Å²) in [6, 6.07) is 11.4. The molecular weight excluding hydrogens is 340 g/mol. The van der Waals surface area contributed by atoms with Crippen molar-refractivity contribution < 1.29 is 9.59 Å². The third-order valence-electron chi connectivity index (χ3n) is 5.40. The first-order valence-electron chi connectivity index (χ1n) is 9.54. The van der Waals surface area contributed by atoms with Gasteiger partial charge >= 0.3 is 6.03 Å². The molecule has 1 N–H and O–H groups in total. The number of aromatic nitrogens is 1. The van der Waals surface area contributed by atoms with Crippen molar-refractivity contribution >= 4 is 23.4 Å². The molecule has 27 heavy (non-hydrogen) atoms. The zero-order valence-electron chi connectivity index (χ0n) is 15.5. The predicted octanol–water partition coefficient (Wildman–Crippen LogP) is 3.83. The van der Waals surface area contributed by atoms with Crippen molar-refractivity contribution in [1.82, 2.24) is 9.88 Å². The van der Waals surface area contributed by atoms with Gasteiger partial charge in [-0.1, -0.05) is 30.5 Å². The van der Waals surface area contributed by atoms with Crippen LogP contribution in [0.3, 0.4) is 0 Å². The Morgan fingerprint density at radius 3 is 2.48 bits per heavy atom. The van der Waals surface area contributed by atoms with Crippen LogP contribution in [0.1, 0.15) is 41.6 Å². The minimum Gasteiger partial charge on any atom is -0.321 e. The molecule has 2 aromatic rings. The average Bonchev–Trinajstić information content (AvgIpc) is 3.32. The lowest BCUT2D eigenvalue weighted by Crippen LogP contribution is -2.38. The molecule has 4 rings (SSSR count). The minimum absolute atomic E-state index is 0.0471. The fourth-order valence-electron chi connectivity index (χ4n) is 3.85. The van der Waals surface area contributed by atoms with Gasteiger partial charge in [0.2, 0.25) is 0 Å². The number of nitrogens with one attached hydrogen (secondary N) is 1. The summed E-state index contributed by atoms with van der Waals surface area (Å²) in [5.74, 6) is 0.461. The van der Waals surface area contributed by atoms with E-state index >= 15 is 0 Å². The lowest BCUT2D eigenvalue weighted by atomic mass is 10.1. The quantitative estimate of drug-likeness (QED) is 0.897. The zero-order valence-corrected chi connectivity index (χ0v) is 15.5. The molecule has 1 aromatic heterocycles. The second-order valence-corrected chi connectivity index (χ2v) is 7.29. The zero-order chi connectivity index (χ0) is 18.8. The summed E-state index contributed by atoms with van der Waals surface area (Å²) in [6.07, 6.45) is 6.24. The van der Waals surface area contributed by atoms with Gasteiger partial charge in [-0.3, -0.25) is 9.69 Å². The number of carbonyl (C=O) groups is 2. The van der Waals surface area contributed by atoms with Crippen molar-refractivity contribution in [3.05, 3.63) is 53.7 Å². The van der Waals surface area contributed by atoms with Gasteiger partial charge in [0.25, 0.3) is 5.91 Å². The number of urea groups is 1. The first kappa shape index (κ1) is 17.5. The Morgan fingerprint density at radius 1 is 1.07 bits per heavy atom. The van der Waals surface area contributed by atoms with Gasteiger partial charge in [-0.15, -0.1) is 0 Å². The molecule has 1 aliphatic heterocycles. The van der Waals surface area contributed by atoms with Crippen LogP contribution in [0.15, 0.2) is 42.6 Å². The van der Waals surface area contributed by atoms with Gasteiger partial charge in [-0.05, 0) is 44.0 Å². The normalized spacial score (nSPS) is 17.6. The number of rotatable bonds is 4. The van der Waals surface area contributed by atoms with Gasteiger partial charge in [-0.2, -0.15) is 0 Å². The number of aryl methyl sites for hydroxylation is 1. The maximum absolute atomic E-state index is 12.7. The highest BCUT2D eigenvalue weighted by molar-refractivity contribution is 6.04. The molecule has 0 bridgehead atoms. The van der Waals surface area contributed by atoms with E-state index in [-0.39, 0.29) is 11.9 Å². The molecule has 6 heteroatoms. The van der Waals surface area contributed by atoms with Crippen molar-refractivity contribution in [2.45, 2.75) is 38.6 Å². The van der Waals surface area contributed by atoms with Crippen molar-refractivity contribution in [2.75, 3.05) is 23.3 Å². The van der Waals surface area contributed by atoms with Crippen LogP contribution in [0.2, 0.25) is 0 Å². The minimum atomic E-state index is -0.172. The number of benzene rings is 1. The standard InChI is InChI=1S/C21H24N4O2/c1-15-6-8-16(9-7-15)20(26)23-17-10-11-19(22-14-17)25-13-12-24(21(25)27)18-4-2-3-5-18/h6-11,14,18H,2-5,12-13H2,1H3,(H,23,26). The molecule has 0 spiro atoms. The van der Waals surface area contributed by atoms with E-state index in [1.54, 1.807) is 35.4 Å². The molecule has 1 saturated carbocycles. The molecule has 1 aliphatic carbocycles. The molecule has 6 nitrogen and oxygen atoms in total. The number of hydrogen-bond donors (Lipinski definition) is 1. The highest BCUT2D eigenvalue weighted by Gasteiger charge is 2.36. The third kappa shape index (κ3) is 3.65. The van der Waals surface area contributed by atoms with Gasteiger partial charge in [0.1, 0.15) is 5.82 Å². The predicted molar refractivity (Wildman–Crippen MR) is 105 cm³/mol. The number of carbonyl (C=O) groups excluding carboxylic acids is 2.